The fraction of sp³-hybridized carbons (Fsp3) is 0.538. The molecule has 1 aliphatic rings. The number of hydrogen-bond donors (Lipinski definition) is 0. The molecule has 0 spiro atoms. The maximum absolute atomic E-state index is 12.3. The van der Waals surface area contributed by atoms with Crippen LogP contribution in [0.4, 0.5) is 13.2 Å². The van der Waals surface area contributed by atoms with Crippen molar-refractivity contribution in [2.45, 2.75) is 6.18 Å². The van der Waals surface area contributed by atoms with Gasteiger partial charge >= 0.3 is 18.1 Å². The van der Waals surface area contributed by atoms with Crippen molar-refractivity contribution in [3.8, 4) is 0 Å². The number of rotatable bonds is 4. The van der Waals surface area contributed by atoms with Crippen molar-refractivity contribution in [3.05, 3.63) is 22.6 Å². The smallest absolute Gasteiger partial charge is 0.458 e. The van der Waals surface area contributed by atoms with Gasteiger partial charge in [0, 0.05) is 32.7 Å². The Morgan fingerprint density at radius 1 is 1.22 bits per heavy atom. The molecule has 6 nitrogen and oxygen atoms in total. The molecular weight excluding hydrogens is 385 g/mol. The van der Waals surface area contributed by atoms with Crippen molar-refractivity contribution in [2.75, 3.05) is 39.3 Å². The summed E-state index contributed by atoms with van der Waals surface area (Å²) in [6.07, 6.45) is -4.84. The van der Waals surface area contributed by atoms with Crippen LogP contribution in [0.15, 0.2) is 21.2 Å². The van der Waals surface area contributed by atoms with E-state index in [2.05, 4.69) is 15.9 Å². The molecule has 0 N–H and O–H groups in total. The highest BCUT2D eigenvalue weighted by atomic mass is 79.9. The minimum absolute atomic E-state index is 0.00256. The Bertz CT molecular complexity index is 568. The van der Waals surface area contributed by atoms with E-state index in [1.807, 2.05) is 4.90 Å². The van der Waals surface area contributed by atoms with Gasteiger partial charge in [0.15, 0.2) is 4.67 Å². The zero-order chi connectivity index (χ0) is 17.0. The third-order valence-corrected chi connectivity index (χ3v) is 3.74. The van der Waals surface area contributed by atoms with Gasteiger partial charge in [-0.15, -0.1) is 0 Å². The SMILES string of the molecule is O=C(OCCN1CCN(C(=O)C(F)(F)F)CC1)c1ccc(Br)o1. The third kappa shape index (κ3) is 4.96. The Hall–Kier alpha value is -1.55. The van der Waals surface area contributed by atoms with Crippen LogP contribution in [0.1, 0.15) is 10.6 Å². The van der Waals surface area contributed by atoms with Crippen molar-refractivity contribution in [1.82, 2.24) is 9.80 Å². The molecule has 0 saturated carbocycles. The van der Waals surface area contributed by atoms with Crippen LogP contribution >= 0.6 is 15.9 Å². The lowest BCUT2D eigenvalue weighted by atomic mass is 10.3. The molecule has 10 heteroatoms. The van der Waals surface area contributed by atoms with E-state index in [0.717, 1.165) is 4.90 Å². The van der Waals surface area contributed by atoms with Crippen LogP contribution in [0.2, 0.25) is 0 Å². The van der Waals surface area contributed by atoms with Gasteiger partial charge in [-0.05, 0) is 28.1 Å². The average molecular weight is 399 g/mol. The standard InChI is InChI=1S/C13H14BrF3N2O4/c14-10-2-1-9(23-10)11(20)22-8-7-18-3-5-19(6-4-18)12(21)13(15,16)17/h1-2H,3-8H2. The highest BCUT2D eigenvalue weighted by Crippen LogP contribution is 2.19. The number of carbonyl (C=O) groups is 2. The van der Waals surface area contributed by atoms with Crippen molar-refractivity contribution in [2.24, 2.45) is 0 Å². The molecule has 2 heterocycles. The van der Waals surface area contributed by atoms with E-state index in [4.69, 9.17) is 9.15 Å². The summed E-state index contributed by atoms with van der Waals surface area (Å²) in [5.41, 5.74) is 0. The Morgan fingerprint density at radius 2 is 1.87 bits per heavy atom. The van der Waals surface area contributed by atoms with E-state index in [0.29, 0.717) is 24.3 Å². The van der Waals surface area contributed by atoms with Gasteiger partial charge in [0.1, 0.15) is 6.61 Å². The van der Waals surface area contributed by atoms with E-state index in [-0.39, 0.29) is 25.5 Å². The first-order valence-electron chi connectivity index (χ1n) is 6.78. The number of furan rings is 1. The Labute approximate surface area is 138 Å². The molecule has 0 unspecified atom stereocenters. The number of alkyl halides is 3. The van der Waals surface area contributed by atoms with E-state index >= 15 is 0 Å². The molecule has 1 aromatic heterocycles. The number of amides is 1. The van der Waals surface area contributed by atoms with Crippen molar-refractivity contribution in [3.63, 3.8) is 0 Å². The van der Waals surface area contributed by atoms with E-state index in [1.165, 1.54) is 6.07 Å². The average Bonchev–Trinajstić information content (AvgIpc) is 2.93. The Morgan fingerprint density at radius 3 is 2.39 bits per heavy atom. The topological polar surface area (TPSA) is 63.0 Å². The van der Waals surface area contributed by atoms with Crippen LogP contribution in [0, 0.1) is 0 Å². The minimum atomic E-state index is -4.84. The van der Waals surface area contributed by atoms with Crippen molar-refractivity contribution >= 4 is 27.8 Å². The first-order chi connectivity index (χ1) is 10.8. The van der Waals surface area contributed by atoms with Gasteiger partial charge in [0.05, 0.1) is 0 Å². The number of ether oxygens (including phenoxy) is 1. The largest absolute Gasteiger partial charge is 0.471 e. The van der Waals surface area contributed by atoms with E-state index < -0.39 is 18.1 Å². The summed E-state index contributed by atoms with van der Waals surface area (Å²) >= 11 is 3.07. The summed E-state index contributed by atoms with van der Waals surface area (Å²) in [4.78, 5) is 25.3. The summed E-state index contributed by atoms with van der Waals surface area (Å²) < 4.78 is 47.4. The van der Waals surface area contributed by atoms with Gasteiger partial charge in [0.25, 0.3) is 0 Å². The van der Waals surface area contributed by atoms with Crippen LogP contribution in [-0.4, -0.2) is 67.2 Å². The van der Waals surface area contributed by atoms with Crippen LogP contribution in [0.3, 0.4) is 0 Å². The summed E-state index contributed by atoms with van der Waals surface area (Å²) in [6, 6.07) is 3.03. The van der Waals surface area contributed by atoms with Crippen LogP contribution in [0.25, 0.3) is 0 Å². The molecule has 1 aromatic rings. The van der Waals surface area contributed by atoms with E-state index in [9.17, 15) is 22.8 Å². The Kier molecular flexibility index (Phi) is 5.69. The van der Waals surface area contributed by atoms with Crippen molar-refractivity contribution < 1.29 is 31.9 Å². The van der Waals surface area contributed by atoms with Crippen molar-refractivity contribution in [1.29, 1.82) is 0 Å². The second-order valence-corrected chi connectivity index (χ2v) is 5.65. The van der Waals surface area contributed by atoms with Gasteiger partial charge in [-0.1, -0.05) is 0 Å². The van der Waals surface area contributed by atoms with Gasteiger partial charge in [0.2, 0.25) is 5.76 Å². The molecule has 0 atom stereocenters. The molecule has 128 valence electrons. The molecule has 0 aliphatic carbocycles. The number of piperazine rings is 1. The lowest BCUT2D eigenvalue weighted by molar-refractivity contribution is -0.187. The monoisotopic (exact) mass is 398 g/mol. The molecular formula is C13H14BrF3N2O4. The fourth-order valence-electron chi connectivity index (χ4n) is 2.12. The number of hydrogen-bond acceptors (Lipinski definition) is 5. The molecule has 0 radical (unpaired) electrons. The normalized spacial score (nSPS) is 16.4. The Balaban J connectivity index is 1.69. The highest BCUT2D eigenvalue weighted by Gasteiger charge is 2.43. The molecule has 0 aromatic carbocycles. The zero-order valence-electron chi connectivity index (χ0n) is 11.9. The van der Waals surface area contributed by atoms with Gasteiger partial charge in [-0.2, -0.15) is 13.2 Å². The summed E-state index contributed by atoms with van der Waals surface area (Å²) in [5, 5.41) is 0. The van der Waals surface area contributed by atoms with Gasteiger partial charge in [-0.3, -0.25) is 9.69 Å². The predicted molar refractivity (Wildman–Crippen MR) is 75.8 cm³/mol. The summed E-state index contributed by atoms with van der Waals surface area (Å²) in [5.74, 6) is -2.36. The lowest BCUT2D eigenvalue weighted by Gasteiger charge is -2.34. The van der Waals surface area contributed by atoms with Crippen LogP contribution in [-0.2, 0) is 9.53 Å². The second-order valence-electron chi connectivity index (χ2n) is 4.87. The van der Waals surface area contributed by atoms with Gasteiger partial charge in [-0.25, -0.2) is 4.79 Å². The third-order valence-electron chi connectivity index (χ3n) is 3.32. The fourth-order valence-corrected chi connectivity index (χ4v) is 2.42. The highest BCUT2D eigenvalue weighted by molar-refractivity contribution is 9.10. The zero-order valence-corrected chi connectivity index (χ0v) is 13.5. The molecule has 0 bridgehead atoms. The maximum Gasteiger partial charge on any atom is 0.471 e. The predicted octanol–water partition coefficient (Wildman–Crippen LogP) is 1.91. The van der Waals surface area contributed by atoms with Crippen LogP contribution in [0.5, 0.6) is 0 Å². The number of carbonyl (C=O) groups excluding carboxylic acids is 2. The lowest BCUT2D eigenvalue weighted by Crippen LogP contribution is -2.52. The molecule has 1 aliphatic heterocycles. The number of nitrogens with zero attached hydrogens (tertiary/aromatic N) is 2. The molecule has 2 rings (SSSR count). The van der Waals surface area contributed by atoms with Gasteiger partial charge < -0.3 is 14.1 Å². The summed E-state index contributed by atoms with van der Waals surface area (Å²) in [6.45, 7) is 1.05. The molecule has 1 fully saturated rings. The maximum atomic E-state index is 12.3. The first-order valence-corrected chi connectivity index (χ1v) is 7.57. The molecule has 23 heavy (non-hydrogen) atoms. The number of halogens is 4. The first kappa shape index (κ1) is 17.8. The van der Waals surface area contributed by atoms with Crippen LogP contribution < -0.4 is 0 Å². The number of esters is 1. The molecule has 1 saturated heterocycles. The second kappa shape index (κ2) is 7.35. The van der Waals surface area contributed by atoms with E-state index in [1.54, 1.807) is 6.07 Å². The summed E-state index contributed by atoms with van der Waals surface area (Å²) in [7, 11) is 0. The quantitative estimate of drug-likeness (QED) is 0.724. The minimum Gasteiger partial charge on any atom is -0.458 e. The molecule has 1 amide bonds.